The third-order valence-electron chi connectivity index (χ3n) is 3.06. The fourth-order valence-electron chi connectivity index (χ4n) is 2.12. The van der Waals surface area contributed by atoms with E-state index in [0.29, 0.717) is 26.8 Å². The van der Waals surface area contributed by atoms with Gasteiger partial charge in [0.1, 0.15) is 12.4 Å². The van der Waals surface area contributed by atoms with Crippen LogP contribution in [-0.4, -0.2) is 15.0 Å². The first-order valence-electron chi connectivity index (χ1n) is 6.00. The van der Waals surface area contributed by atoms with Gasteiger partial charge in [0.2, 0.25) is 9.84 Å². The number of ether oxygens (including phenoxy) is 1. The summed E-state index contributed by atoms with van der Waals surface area (Å²) in [6.45, 7) is 0.167. The highest BCUT2D eigenvalue weighted by Crippen LogP contribution is 2.34. The van der Waals surface area contributed by atoms with Crippen LogP contribution in [0.2, 0.25) is 5.02 Å². The lowest BCUT2D eigenvalue weighted by atomic mass is 10.1. The molecular formula is C15H11ClO3S. The standard InChI is InChI=1S/C15H11ClO3S/c16-13-6-2-3-7-14(13)19-9-11-10-20(17,18)15-8-4-1-5-12(11)15/h1-8,10H,9H2. The first-order valence-corrected chi connectivity index (χ1v) is 7.93. The van der Waals surface area contributed by atoms with Crippen molar-refractivity contribution in [3.05, 3.63) is 64.5 Å². The summed E-state index contributed by atoms with van der Waals surface area (Å²) in [5.41, 5.74) is 1.33. The van der Waals surface area contributed by atoms with Gasteiger partial charge in [0, 0.05) is 16.5 Å². The third kappa shape index (κ3) is 2.32. The minimum absolute atomic E-state index is 0.167. The smallest absolute Gasteiger partial charge is 0.200 e. The van der Waals surface area contributed by atoms with Gasteiger partial charge in [-0.2, -0.15) is 0 Å². The van der Waals surface area contributed by atoms with E-state index in [1.807, 2.05) is 18.2 Å². The number of fused-ring (bicyclic) bond motifs is 1. The Hall–Kier alpha value is -1.78. The molecule has 1 aliphatic rings. The molecule has 0 bridgehead atoms. The molecule has 2 aromatic rings. The molecule has 0 saturated heterocycles. The van der Waals surface area contributed by atoms with E-state index < -0.39 is 9.84 Å². The highest BCUT2D eigenvalue weighted by molar-refractivity contribution is 7.95. The zero-order chi connectivity index (χ0) is 14.2. The summed E-state index contributed by atoms with van der Waals surface area (Å²) in [6, 6.07) is 14.0. The third-order valence-corrected chi connectivity index (χ3v) is 4.93. The zero-order valence-electron chi connectivity index (χ0n) is 10.4. The molecule has 2 aromatic carbocycles. The van der Waals surface area contributed by atoms with Gasteiger partial charge in [-0.3, -0.25) is 0 Å². The van der Waals surface area contributed by atoms with Gasteiger partial charge < -0.3 is 4.74 Å². The number of hydrogen-bond donors (Lipinski definition) is 0. The molecule has 0 aliphatic carbocycles. The van der Waals surface area contributed by atoms with Gasteiger partial charge in [-0.1, -0.05) is 41.9 Å². The van der Waals surface area contributed by atoms with E-state index in [4.69, 9.17) is 16.3 Å². The molecule has 20 heavy (non-hydrogen) atoms. The number of rotatable bonds is 3. The van der Waals surface area contributed by atoms with Crippen molar-refractivity contribution in [2.24, 2.45) is 0 Å². The Balaban J connectivity index is 1.88. The summed E-state index contributed by atoms with van der Waals surface area (Å²) in [5.74, 6) is 0.539. The lowest BCUT2D eigenvalue weighted by molar-refractivity contribution is 0.370. The fourth-order valence-corrected chi connectivity index (χ4v) is 3.78. The first-order chi connectivity index (χ1) is 9.58. The summed E-state index contributed by atoms with van der Waals surface area (Å²) in [6.07, 6.45) is 0. The maximum atomic E-state index is 12.0. The number of sulfone groups is 1. The van der Waals surface area contributed by atoms with Crippen LogP contribution in [0, 0.1) is 0 Å². The van der Waals surface area contributed by atoms with Crippen molar-refractivity contribution in [2.45, 2.75) is 4.90 Å². The zero-order valence-corrected chi connectivity index (χ0v) is 12.0. The molecule has 102 valence electrons. The van der Waals surface area contributed by atoms with Gasteiger partial charge >= 0.3 is 0 Å². The fraction of sp³-hybridized carbons (Fsp3) is 0.0667. The minimum atomic E-state index is -3.34. The molecule has 0 saturated carbocycles. The molecule has 0 unspecified atom stereocenters. The molecular weight excluding hydrogens is 296 g/mol. The average Bonchev–Trinajstić information content (AvgIpc) is 2.70. The summed E-state index contributed by atoms with van der Waals surface area (Å²) in [4.78, 5) is 0.331. The maximum absolute atomic E-state index is 12.0. The van der Waals surface area contributed by atoms with Crippen molar-refractivity contribution in [3.8, 4) is 5.75 Å². The summed E-state index contributed by atoms with van der Waals surface area (Å²) in [7, 11) is -3.34. The molecule has 0 N–H and O–H groups in total. The lowest BCUT2D eigenvalue weighted by Gasteiger charge is -2.08. The monoisotopic (exact) mass is 306 g/mol. The molecule has 0 spiro atoms. The number of benzene rings is 2. The molecule has 3 nitrogen and oxygen atoms in total. The van der Waals surface area contributed by atoms with Crippen molar-refractivity contribution in [1.29, 1.82) is 0 Å². The van der Waals surface area contributed by atoms with Gasteiger partial charge in [-0.25, -0.2) is 8.42 Å². The Kier molecular flexibility index (Phi) is 3.28. The average molecular weight is 307 g/mol. The van der Waals surface area contributed by atoms with Crippen molar-refractivity contribution in [2.75, 3.05) is 6.61 Å². The highest BCUT2D eigenvalue weighted by Gasteiger charge is 2.26. The van der Waals surface area contributed by atoms with E-state index in [1.54, 1.807) is 30.3 Å². The molecule has 0 amide bonds. The van der Waals surface area contributed by atoms with Crippen molar-refractivity contribution in [3.63, 3.8) is 0 Å². The topological polar surface area (TPSA) is 43.4 Å². The second-order valence-corrected chi connectivity index (χ2v) is 6.58. The first kappa shape index (κ1) is 13.2. The molecule has 1 heterocycles. The molecule has 0 aromatic heterocycles. The predicted molar refractivity (Wildman–Crippen MR) is 78.6 cm³/mol. The summed E-state index contributed by atoms with van der Waals surface area (Å²) >= 11 is 6.00. The quantitative estimate of drug-likeness (QED) is 0.871. The van der Waals surface area contributed by atoms with Crippen LogP contribution in [0.3, 0.4) is 0 Å². The Morgan fingerprint density at radius 2 is 1.70 bits per heavy atom. The number of para-hydroxylation sites is 1. The van der Waals surface area contributed by atoms with E-state index >= 15 is 0 Å². The molecule has 0 radical (unpaired) electrons. The van der Waals surface area contributed by atoms with Crippen LogP contribution in [0.4, 0.5) is 0 Å². The van der Waals surface area contributed by atoms with Crippen molar-refractivity contribution < 1.29 is 13.2 Å². The largest absolute Gasteiger partial charge is 0.487 e. The van der Waals surface area contributed by atoms with Gasteiger partial charge in [-0.15, -0.1) is 0 Å². The van der Waals surface area contributed by atoms with Crippen LogP contribution >= 0.6 is 11.6 Å². The molecule has 3 rings (SSSR count). The van der Waals surface area contributed by atoms with E-state index in [9.17, 15) is 8.42 Å². The van der Waals surface area contributed by atoms with Gasteiger partial charge in [0.25, 0.3) is 0 Å². The van der Waals surface area contributed by atoms with Crippen LogP contribution in [0.25, 0.3) is 5.57 Å². The SMILES string of the molecule is O=S1(=O)C=C(COc2ccccc2Cl)c2ccccc21. The Labute approximate surface area is 122 Å². The Bertz CT molecular complexity index is 794. The maximum Gasteiger partial charge on any atom is 0.200 e. The molecule has 0 atom stereocenters. The summed E-state index contributed by atoms with van der Waals surface area (Å²) in [5, 5.41) is 1.76. The minimum Gasteiger partial charge on any atom is -0.487 e. The predicted octanol–water partition coefficient (Wildman–Crippen LogP) is 3.55. The second-order valence-electron chi connectivity index (χ2n) is 4.40. The van der Waals surface area contributed by atoms with E-state index in [-0.39, 0.29) is 6.61 Å². The Morgan fingerprint density at radius 3 is 2.50 bits per heavy atom. The van der Waals surface area contributed by atoms with Gasteiger partial charge in [0.05, 0.1) is 9.92 Å². The van der Waals surface area contributed by atoms with Crippen LogP contribution in [0.5, 0.6) is 5.75 Å². The number of halogens is 1. The Morgan fingerprint density at radius 1 is 1.00 bits per heavy atom. The van der Waals surface area contributed by atoms with Gasteiger partial charge in [0.15, 0.2) is 0 Å². The van der Waals surface area contributed by atoms with Crippen LogP contribution < -0.4 is 4.74 Å². The van der Waals surface area contributed by atoms with Crippen molar-refractivity contribution in [1.82, 2.24) is 0 Å². The molecule has 5 heteroatoms. The normalized spacial score (nSPS) is 15.6. The van der Waals surface area contributed by atoms with Gasteiger partial charge in [-0.05, 0) is 18.2 Å². The van der Waals surface area contributed by atoms with E-state index in [2.05, 4.69) is 0 Å². The number of hydrogen-bond acceptors (Lipinski definition) is 3. The summed E-state index contributed by atoms with van der Waals surface area (Å²) < 4.78 is 29.6. The molecule has 0 fully saturated rings. The van der Waals surface area contributed by atoms with Crippen LogP contribution in [-0.2, 0) is 9.84 Å². The van der Waals surface area contributed by atoms with Crippen LogP contribution in [0.15, 0.2) is 58.8 Å². The lowest BCUT2D eigenvalue weighted by Crippen LogP contribution is -1.99. The highest BCUT2D eigenvalue weighted by atomic mass is 35.5. The van der Waals surface area contributed by atoms with Crippen LogP contribution in [0.1, 0.15) is 5.56 Å². The van der Waals surface area contributed by atoms with E-state index in [1.165, 1.54) is 5.41 Å². The van der Waals surface area contributed by atoms with E-state index in [0.717, 1.165) is 0 Å². The second kappa shape index (κ2) is 4.96. The van der Waals surface area contributed by atoms with Crippen molar-refractivity contribution >= 4 is 27.0 Å². The molecule has 1 aliphatic heterocycles.